The molecule has 4 rings (SSSR count). The molecule has 1 N–H and O–H groups in total. The lowest BCUT2D eigenvalue weighted by atomic mass is 9.65. The van der Waals surface area contributed by atoms with Crippen LogP contribution in [0, 0.1) is 0 Å². The summed E-state index contributed by atoms with van der Waals surface area (Å²) in [5, 5.41) is 9.41. The second kappa shape index (κ2) is 6.99. The van der Waals surface area contributed by atoms with Crippen LogP contribution in [-0.2, 0) is 21.5 Å². The average molecular weight is 375 g/mol. The lowest BCUT2D eigenvalue weighted by Crippen LogP contribution is -2.47. The molecule has 0 unspecified atom stereocenters. The van der Waals surface area contributed by atoms with Gasteiger partial charge >= 0.3 is 5.97 Å². The predicted molar refractivity (Wildman–Crippen MR) is 100 cm³/mol. The maximum Gasteiger partial charge on any atom is 0.308 e. The molecule has 0 amide bonds. The topological polar surface area (TPSA) is 68.2 Å². The number of methoxy groups -OCH3 is 1. The molecule has 2 aliphatic heterocycles. The van der Waals surface area contributed by atoms with Gasteiger partial charge in [-0.05, 0) is 51.4 Å². The van der Waals surface area contributed by atoms with Crippen LogP contribution in [0.4, 0.5) is 0 Å². The van der Waals surface area contributed by atoms with Crippen molar-refractivity contribution in [3.63, 3.8) is 0 Å². The van der Waals surface area contributed by atoms with Gasteiger partial charge in [-0.3, -0.25) is 4.79 Å². The summed E-state index contributed by atoms with van der Waals surface area (Å²) >= 11 is 0. The normalized spacial score (nSPS) is 30.5. The second-order valence-corrected chi connectivity index (χ2v) is 8.32. The summed E-state index contributed by atoms with van der Waals surface area (Å²) in [4.78, 5) is 14.4. The van der Waals surface area contributed by atoms with Crippen molar-refractivity contribution in [3.05, 3.63) is 23.3 Å². The number of nitrogens with zero attached hydrogens (tertiary/aromatic N) is 1. The predicted octanol–water partition coefficient (Wildman–Crippen LogP) is 2.40. The maximum absolute atomic E-state index is 12.0. The number of carbonyl (C=O) groups excluding carboxylic acids is 1. The number of hydrogen-bond donors (Lipinski definition) is 1. The first-order chi connectivity index (χ1) is 12.9. The van der Waals surface area contributed by atoms with E-state index in [1.807, 2.05) is 6.07 Å². The van der Waals surface area contributed by atoms with E-state index in [1.54, 1.807) is 14.0 Å². The van der Waals surface area contributed by atoms with Gasteiger partial charge in [-0.1, -0.05) is 6.07 Å². The molecule has 0 bridgehead atoms. The van der Waals surface area contributed by atoms with Gasteiger partial charge in [-0.2, -0.15) is 0 Å². The van der Waals surface area contributed by atoms with Gasteiger partial charge in [-0.15, -0.1) is 0 Å². The van der Waals surface area contributed by atoms with Crippen molar-refractivity contribution in [2.24, 2.45) is 0 Å². The van der Waals surface area contributed by atoms with Crippen LogP contribution in [-0.4, -0.2) is 55.0 Å². The van der Waals surface area contributed by atoms with Crippen LogP contribution in [0.25, 0.3) is 0 Å². The fraction of sp³-hybridized carbons (Fsp3) is 0.667. The molecule has 1 saturated carbocycles. The highest BCUT2D eigenvalue weighted by molar-refractivity contribution is 5.70. The summed E-state index contributed by atoms with van der Waals surface area (Å²) in [6, 6.07) is 4.17. The van der Waals surface area contributed by atoms with Gasteiger partial charge in [0.2, 0.25) is 0 Å². The Hall–Kier alpha value is -1.79. The molecule has 1 aliphatic carbocycles. The molecule has 1 aromatic carbocycles. The Kier molecular flexibility index (Phi) is 4.80. The first-order valence-corrected chi connectivity index (χ1v) is 9.86. The third kappa shape index (κ3) is 3.19. The van der Waals surface area contributed by atoms with Gasteiger partial charge in [0.25, 0.3) is 0 Å². The Morgan fingerprint density at radius 2 is 2.26 bits per heavy atom. The van der Waals surface area contributed by atoms with Crippen molar-refractivity contribution in [1.82, 2.24) is 4.90 Å². The Bertz CT molecular complexity index is 734. The van der Waals surface area contributed by atoms with Gasteiger partial charge in [-0.25, -0.2) is 0 Å². The van der Waals surface area contributed by atoms with Crippen molar-refractivity contribution in [2.45, 2.75) is 69.3 Å². The third-order valence-corrected chi connectivity index (χ3v) is 6.33. The van der Waals surface area contributed by atoms with Crippen molar-refractivity contribution in [3.8, 4) is 11.5 Å². The smallest absolute Gasteiger partial charge is 0.308 e. The molecule has 2 heterocycles. The highest BCUT2D eigenvalue weighted by Crippen LogP contribution is 2.57. The van der Waals surface area contributed by atoms with Crippen LogP contribution in [0.1, 0.15) is 50.2 Å². The number of aliphatic hydroxyl groups is 1. The summed E-state index contributed by atoms with van der Waals surface area (Å²) < 4.78 is 17.7. The van der Waals surface area contributed by atoms with Gasteiger partial charge in [0, 0.05) is 23.9 Å². The monoisotopic (exact) mass is 375 g/mol. The minimum Gasteiger partial charge on any atom is -0.493 e. The number of ether oxygens (including phenoxy) is 3. The first kappa shape index (κ1) is 18.6. The van der Waals surface area contributed by atoms with E-state index in [0.29, 0.717) is 6.42 Å². The maximum atomic E-state index is 12.0. The minimum atomic E-state index is -0.677. The largest absolute Gasteiger partial charge is 0.493 e. The van der Waals surface area contributed by atoms with E-state index in [-0.39, 0.29) is 30.0 Å². The lowest BCUT2D eigenvalue weighted by molar-refractivity contribution is -0.155. The summed E-state index contributed by atoms with van der Waals surface area (Å²) in [6.45, 7) is 3.53. The Morgan fingerprint density at radius 3 is 3.00 bits per heavy atom. The number of rotatable bonds is 4. The van der Waals surface area contributed by atoms with E-state index in [1.165, 1.54) is 11.1 Å². The highest BCUT2D eigenvalue weighted by Gasteiger charge is 2.55. The van der Waals surface area contributed by atoms with Crippen LogP contribution < -0.4 is 9.47 Å². The zero-order valence-electron chi connectivity index (χ0n) is 16.4. The third-order valence-electron chi connectivity index (χ3n) is 6.33. The van der Waals surface area contributed by atoms with Crippen molar-refractivity contribution in [1.29, 1.82) is 0 Å². The number of hydrogen-bond acceptors (Lipinski definition) is 6. The van der Waals surface area contributed by atoms with E-state index in [4.69, 9.17) is 14.2 Å². The van der Waals surface area contributed by atoms with Gasteiger partial charge < -0.3 is 24.2 Å². The molecule has 148 valence electrons. The molecule has 1 fully saturated rings. The number of aliphatic hydroxyl groups excluding tert-OH is 1. The SMILES string of the molecule is COc1ccc2c3c1O[C@H]1C[C@@H](OC(=O)C[C@H](C)O)CC[C@]31CCN(C)C2. The van der Waals surface area contributed by atoms with E-state index < -0.39 is 6.10 Å². The number of carbonyl (C=O) groups is 1. The zero-order valence-corrected chi connectivity index (χ0v) is 16.4. The molecule has 0 saturated heterocycles. The number of benzene rings is 1. The zero-order chi connectivity index (χ0) is 19.2. The quantitative estimate of drug-likeness (QED) is 0.815. The number of esters is 1. The molecule has 0 aromatic heterocycles. The summed E-state index contributed by atoms with van der Waals surface area (Å²) in [7, 11) is 3.84. The summed E-state index contributed by atoms with van der Waals surface area (Å²) in [5.74, 6) is 1.33. The first-order valence-electron chi connectivity index (χ1n) is 9.86. The molecule has 1 aromatic rings. The van der Waals surface area contributed by atoms with Crippen LogP contribution in [0.5, 0.6) is 11.5 Å². The molecule has 0 radical (unpaired) electrons. The van der Waals surface area contributed by atoms with E-state index >= 15 is 0 Å². The summed E-state index contributed by atoms with van der Waals surface area (Å²) in [6.07, 6.45) is 2.68. The molecule has 6 heteroatoms. The van der Waals surface area contributed by atoms with Crippen molar-refractivity contribution >= 4 is 5.97 Å². The van der Waals surface area contributed by atoms with E-state index in [9.17, 15) is 9.90 Å². The fourth-order valence-corrected chi connectivity index (χ4v) is 5.06. The highest BCUT2D eigenvalue weighted by atomic mass is 16.6. The second-order valence-electron chi connectivity index (χ2n) is 8.32. The van der Waals surface area contributed by atoms with Crippen molar-refractivity contribution < 1.29 is 24.1 Å². The standard InChI is InChI=1S/C21H29NO5/c1-13(23)10-18(24)26-15-6-7-21-8-9-22(2)12-14-4-5-16(25-3)20(19(14)21)27-17(21)11-15/h4-5,13,15,17,23H,6-12H2,1-3H3/t13-,15-,17-,21+/m0/s1. The van der Waals surface area contributed by atoms with Gasteiger partial charge in [0.1, 0.15) is 12.2 Å². The molecule has 4 atom stereocenters. The molecular weight excluding hydrogens is 346 g/mol. The van der Waals surface area contributed by atoms with Crippen LogP contribution in [0.15, 0.2) is 12.1 Å². The van der Waals surface area contributed by atoms with Crippen LogP contribution >= 0.6 is 0 Å². The van der Waals surface area contributed by atoms with Crippen molar-refractivity contribution in [2.75, 3.05) is 20.7 Å². The van der Waals surface area contributed by atoms with Crippen LogP contribution in [0.2, 0.25) is 0 Å². The molecule has 3 aliphatic rings. The molecule has 6 nitrogen and oxygen atoms in total. The Balaban J connectivity index is 1.62. The Labute approximate surface area is 160 Å². The van der Waals surface area contributed by atoms with Crippen LogP contribution in [0.3, 0.4) is 0 Å². The minimum absolute atomic E-state index is 0.00727. The van der Waals surface area contributed by atoms with E-state index in [2.05, 4.69) is 18.0 Å². The molecular formula is C21H29NO5. The molecule has 1 spiro atoms. The van der Waals surface area contributed by atoms with Gasteiger partial charge in [0.05, 0.1) is 19.6 Å². The average Bonchev–Trinajstić information content (AvgIpc) is 2.86. The van der Waals surface area contributed by atoms with E-state index in [0.717, 1.165) is 43.9 Å². The lowest BCUT2D eigenvalue weighted by Gasteiger charge is -2.41. The fourth-order valence-electron chi connectivity index (χ4n) is 5.06. The van der Waals surface area contributed by atoms with Gasteiger partial charge in [0.15, 0.2) is 11.5 Å². The Morgan fingerprint density at radius 1 is 1.44 bits per heavy atom. The molecule has 27 heavy (non-hydrogen) atoms. The summed E-state index contributed by atoms with van der Waals surface area (Å²) in [5.41, 5.74) is 2.60.